The number of hydrogen-bond donors (Lipinski definition) is 2. The molecule has 21 heavy (non-hydrogen) atoms. The van der Waals surface area contributed by atoms with Gasteiger partial charge in [-0.2, -0.15) is 0 Å². The van der Waals surface area contributed by atoms with Crippen LogP contribution < -0.4 is 15.5 Å². The van der Waals surface area contributed by atoms with Crippen molar-refractivity contribution < 1.29 is 39.3 Å². The zero-order valence-corrected chi connectivity index (χ0v) is 11.3. The first-order valence-corrected chi connectivity index (χ1v) is 6.05. The fourth-order valence-corrected chi connectivity index (χ4v) is 1.65. The molecule has 2 N–H and O–H groups in total. The van der Waals surface area contributed by atoms with Crippen LogP contribution in [0.3, 0.4) is 0 Å². The molecule has 0 saturated heterocycles. The van der Waals surface area contributed by atoms with E-state index in [1.54, 1.807) is 0 Å². The first-order chi connectivity index (χ1) is 9.63. The first-order valence-electron chi connectivity index (χ1n) is 6.05. The minimum Gasteiger partial charge on any atom is -0.550 e. The molecule has 0 spiro atoms. The first kappa shape index (κ1) is 18.6. The van der Waals surface area contributed by atoms with Crippen LogP contribution in [0, 0.1) is 5.92 Å². The summed E-state index contributed by atoms with van der Waals surface area (Å²) >= 11 is 0. The lowest BCUT2D eigenvalue weighted by Gasteiger charge is -2.21. The van der Waals surface area contributed by atoms with Crippen LogP contribution in [0.5, 0.6) is 0 Å². The third-order valence-electron chi connectivity index (χ3n) is 2.62. The van der Waals surface area contributed by atoms with Crippen LogP contribution in [0.2, 0.25) is 0 Å². The SMILES string of the molecule is CC(=O)N[C@@H](CC(=O)O)C(=O)C[C@@H](CCC(=O)[O-])C(=O)[O-]. The van der Waals surface area contributed by atoms with Crippen LogP contribution in [-0.4, -0.2) is 40.7 Å². The highest BCUT2D eigenvalue weighted by Gasteiger charge is 2.25. The molecular weight excluding hydrogens is 286 g/mol. The molecule has 0 aromatic carbocycles. The van der Waals surface area contributed by atoms with E-state index in [0.717, 1.165) is 6.92 Å². The number of amides is 1. The van der Waals surface area contributed by atoms with E-state index in [0.29, 0.717) is 0 Å². The van der Waals surface area contributed by atoms with Gasteiger partial charge in [0, 0.05) is 31.2 Å². The Morgan fingerprint density at radius 3 is 2.05 bits per heavy atom. The summed E-state index contributed by atoms with van der Waals surface area (Å²) in [6.07, 6.45) is -2.28. The van der Waals surface area contributed by atoms with E-state index < -0.39 is 60.8 Å². The van der Waals surface area contributed by atoms with Crippen LogP contribution in [0.25, 0.3) is 0 Å². The van der Waals surface area contributed by atoms with Crippen molar-refractivity contribution in [3.63, 3.8) is 0 Å². The molecular formula is C12H15NO8-2. The maximum atomic E-state index is 11.8. The Labute approximate surface area is 119 Å². The maximum Gasteiger partial charge on any atom is 0.305 e. The molecule has 0 bridgehead atoms. The van der Waals surface area contributed by atoms with E-state index in [9.17, 15) is 34.2 Å². The molecule has 0 radical (unpaired) electrons. The third-order valence-corrected chi connectivity index (χ3v) is 2.62. The molecule has 118 valence electrons. The van der Waals surface area contributed by atoms with Gasteiger partial charge in [0.1, 0.15) is 0 Å². The van der Waals surface area contributed by atoms with Crippen LogP contribution in [0.15, 0.2) is 0 Å². The third kappa shape index (κ3) is 8.35. The van der Waals surface area contributed by atoms with E-state index in [2.05, 4.69) is 5.32 Å². The summed E-state index contributed by atoms with van der Waals surface area (Å²) in [7, 11) is 0. The molecule has 2 atom stereocenters. The quantitative estimate of drug-likeness (QED) is 0.426. The van der Waals surface area contributed by atoms with Gasteiger partial charge in [0.25, 0.3) is 0 Å². The number of carbonyl (C=O) groups is 5. The predicted octanol–water partition coefficient (Wildman–Crippen LogP) is -3.18. The second-order valence-corrected chi connectivity index (χ2v) is 4.45. The molecule has 0 heterocycles. The second-order valence-electron chi connectivity index (χ2n) is 4.45. The van der Waals surface area contributed by atoms with Crippen molar-refractivity contribution in [2.75, 3.05) is 0 Å². The summed E-state index contributed by atoms with van der Waals surface area (Å²) in [5.41, 5.74) is 0. The number of ketones is 1. The molecule has 0 rings (SSSR count). The number of carboxylic acid groups (broad SMARTS) is 3. The van der Waals surface area contributed by atoms with E-state index in [-0.39, 0.29) is 6.42 Å². The molecule has 0 fully saturated rings. The lowest BCUT2D eigenvalue weighted by Crippen LogP contribution is -2.43. The predicted molar refractivity (Wildman–Crippen MR) is 62.2 cm³/mol. The highest BCUT2D eigenvalue weighted by molar-refractivity contribution is 5.93. The summed E-state index contributed by atoms with van der Waals surface area (Å²) in [4.78, 5) is 54.5. The average molecular weight is 301 g/mol. The van der Waals surface area contributed by atoms with E-state index >= 15 is 0 Å². The maximum absolute atomic E-state index is 11.8. The van der Waals surface area contributed by atoms with E-state index in [1.165, 1.54) is 0 Å². The summed E-state index contributed by atoms with van der Waals surface area (Å²) in [5, 5.41) is 31.9. The number of rotatable bonds is 10. The molecule has 0 aliphatic rings. The molecule has 9 heteroatoms. The second kappa shape index (κ2) is 8.67. The summed E-state index contributed by atoms with van der Waals surface area (Å²) in [6, 6.07) is -1.37. The van der Waals surface area contributed by atoms with Crippen LogP contribution >= 0.6 is 0 Å². The van der Waals surface area contributed by atoms with Crippen molar-refractivity contribution in [1.29, 1.82) is 0 Å². The van der Waals surface area contributed by atoms with Crippen molar-refractivity contribution >= 4 is 29.6 Å². The molecule has 0 aliphatic heterocycles. The number of nitrogens with one attached hydrogen (secondary N) is 1. The van der Waals surface area contributed by atoms with Crippen molar-refractivity contribution in [1.82, 2.24) is 5.32 Å². The minimum absolute atomic E-state index is 0.379. The molecule has 1 amide bonds. The molecule has 0 saturated carbocycles. The zero-order valence-electron chi connectivity index (χ0n) is 11.3. The van der Waals surface area contributed by atoms with Gasteiger partial charge in [-0.3, -0.25) is 14.4 Å². The lowest BCUT2D eigenvalue weighted by molar-refractivity contribution is -0.313. The van der Waals surface area contributed by atoms with Gasteiger partial charge in [-0.05, 0) is 12.8 Å². The largest absolute Gasteiger partial charge is 0.550 e. The van der Waals surface area contributed by atoms with Gasteiger partial charge in [0.05, 0.1) is 12.5 Å². The normalized spacial score (nSPS) is 13.0. The Morgan fingerprint density at radius 1 is 1.10 bits per heavy atom. The van der Waals surface area contributed by atoms with E-state index in [4.69, 9.17) is 5.11 Å². The van der Waals surface area contributed by atoms with Gasteiger partial charge in [-0.1, -0.05) is 0 Å². The summed E-state index contributed by atoms with van der Waals surface area (Å²) in [5.74, 6) is -7.30. The van der Waals surface area contributed by atoms with E-state index in [1.807, 2.05) is 0 Å². The topological polar surface area (TPSA) is 164 Å². The molecule has 0 unspecified atom stereocenters. The number of carbonyl (C=O) groups excluding carboxylic acids is 4. The summed E-state index contributed by atoms with van der Waals surface area (Å²) < 4.78 is 0. The number of aliphatic carboxylic acids is 3. The Morgan fingerprint density at radius 2 is 1.67 bits per heavy atom. The Balaban J connectivity index is 4.80. The van der Waals surface area contributed by atoms with Gasteiger partial charge in [0.2, 0.25) is 5.91 Å². The van der Waals surface area contributed by atoms with Gasteiger partial charge >= 0.3 is 5.97 Å². The fraction of sp³-hybridized carbons (Fsp3) is 0.583. The van der Waals surface area contributed by atoms with Crippen LogP contribution in [-0.2, 0) is 24.0 Å². The lowest BCUT2D eigenvalue weighted by atomic mass is 9.93. The monoisotopic (exact) mass is 301 g/mol. The van der Waals surface area contributed by atoms with Crippen molar-refractivity contribution in [3.05, 3.63) is 0 Å². The minimum atomic E-state index is -1.62. The highest BCUT2D eigenvalue weighted by atomic mass is 16.4. The standard InChI is InChI=1S/C12H17NO8/c1-6(14)13-8(5-11(18)19)9(15)4-7(12(20)21)2-3-10(16)17/h7-8H,2-5H2,1H3,(H,13,14)(H,16,17)(H,18,19)(H,20,21)/p-2/t7-,8+/m1/s1. The average Bonchev–Trinajstić information content (AvgIpc) is 2.31. The van der Waals surface area contributed by atoms with Gasteiger partial charge in [0.15, 0.2) is 5.78 Å². The molecule has 0 aliphatic carbocycles. The number of Topliss-reactive ketones (excluding diaryl/α,β-unsaturated/α-hetero) is 1. The molecule has 0 aromatic rings. The molecule has 0 aromatic heterocycles. The highest BCUT2D eigenvalue weighted by Crippen LogP contribution is 2.13. The van der Waals surface area contributed by atoms with Crippen LogP contribution in [0.1, 0.15) is 32.6 Å². The Hall–Kier alpha value is -2.45. The number of hydrogen-bond acceptors (Lipinski definition) is 7. The van der Waals surface area contributed by atoms with Crippen molar-refractivity contribution in [3.8, 4) is 0 Å². The zero-order chi connectivity index (χ0) is 16.6. The smallest absolute Gasteiger partial charge is 0.305 e. The summed E-state index contributed by atoms with van der Waals surface area (Å²) in [6.45, 7) is 1.08. The van der Waals surface area contributed by atoms with Crippen molar-refractivity contribution in [2.45, 2.75) is 38.6 Å². The fourth-order valence-electron chi connectivity index (χ4n) is 1.65. The Bertz CT molecular complexity index is 429. The van der Waals surface area contributed by atoms with Gasteiger partial charge < -0.3 is 30.2 Å². The van der Waals surface area contributed by atoms with Gasteiger partial charge in [-0.25, -0.2) is 0 Å². The van der Waals surface area contributed by atoms with Crippen molar-refractivity contribution in [2.24, 2.45) is 5.92 Å². The Kier molecular flexibility index (Phi) is 7.66. The van der Waals surface area contributed by atoms with Crippen LogP contribution in [0.4, 0.5) is 0 Å². The van der Waals surface area contributed by atoms with Gasteiger partial charge in [-0.15, -0.1) is 0 Å². The number of carboxylic acids is 3. The molecule has 9 nitrogen and oxygen atoms in total.